The Morgan fingerprint density at radius 1 is 1.29 bits per heavy atom. The molecule has 1 saturated carbocycles. The van der Waals surface area contributed by atoms with Crippen LogP contribution in [0.4, 0.5) is 0 Å². The highest BCUT2D eigenvalue weighted by Crippen LogP contribution is 2.35. The van der Waals surface area contributed by atoms with E-state index in [1.165, 1.54) is 25.7 Å². The summed E-state index contributed by atoms with van der Waals surface area (Å²) in [6.07, 6.45) is 6.88. The van der Waals surface area contributed by atoms with E-state index < -0.39 is 11.0 Å². The van der Waals surface area contributed by atoms with Crippen LogP contribution in [-0.4, -0.2) is 15.2 Å². The minimum Gasteiger partial charge on any atom is -0.234 e. The Morgan fingerprint density at radius 3 is 2.21 bits per heavy atom. The van der Waals surface area contributed by atoms with E-state index in [2.05, 4.69) is 11.3 Å². The zero-order valence-corrected chi connectivity index (χ0v) is 10.5. The van der Waals surface area contributed by atoms with E-state index in [0.29, 0.717) is 0 Å². The molecule has 82 valence electrons. The summed E-state index contributed by atoms with van der Waals surface area (Å²) in [4.78, 5) is 0. The molecule has 0 saturated heterocycles. The summed E-state index contributed by atoms with van der Waals surface area (Å²) in [6.45, 7) is 8.08. The molecule has 3 heteroatoms. The van der Waals surface area contributed by atoms with Crippen LogP contribution in [0.1, 0.15) is 53.4 Å². The topological polar surface area (TPSA) is 29.4 Å². The van der Waals surface area contributed by atoms with Crippen molar-refractivity contribution in [2.24, 2.45) is 9.81 Å². The third kappa shape index (κ3) is 3.19. The van der Waals surface area contributed by atoms with Gasteiger partial charge in [-0.05, 0) is 33.6 Å². The van der Waals surface area contributed by atoms with E-state index in [0.717, 1.165) is 0 Å². The highest BCUT2D eigenvalue weighted by molar-refractivity contribution is 7.85. The van der Waals surface area contributed by atoms with Crippen molar-refractivity contribution in [2.75, 3.05) is 0 Å². The van der Waals surface area contributed by atoms with Crippen molar-refractivity contribution in [3.05, 3.63) is 0 Å². The van der Waals surface area contributed by atoms with Crippen molar-refractivity contribution in [1.82, 2.24) is 0 Å². The van der Waals surface area contributed by atoms with Gasteiger partial charge in [0.2, 0.25) is 0 Å². The lowest BCUT2D eigenvalue weighted by molar-refractivity contribution is 0.500. The molecule has 0 radical (unpaired) electrons. The van der Waals surface area contributed by atoms with E-state index in [1.807, 2.05) is 27.0 Å². The number of nitrogens with zero attached hydrogens (tertiary/aromatic N) is 1. The van der Waals surface area contributed by atoms with Crippen LogP contribution in [0.5, 0.6) is 0 Å². The molecular formula is C11H21NOS. The first-order valence-electron chi connectivity index (χ1n) is 5.31. The molecule has 0 heterocycles. The molecule has 1 atom stereocenters. The second-order valence-corrected chi connectivity index (χ2v) is 7.39. The fraction of sp³-hybridized carbons (Fsp3) is 0.909. The van der Waals surface area contributed by atoms with Crippen LogP contribution < -0.4 is 0 Å². The second-order valence-electron chi connectivity index (χ2n) is 5.46. The van der Waals surface area contributed by atoms with Gasteiger partial charge in [0, 0.05) is 11.6 Å². The van der Waals surface area contributed by atoms with Crippen LogP contribution in [-0.2, 0) is 11.0 Å². The van der Waals surface area contributed by atoms with Crippen LogP contribution >= 0.6 is 0 Å². The summed E-state index contributed by atoms with van der Waals surface area (Å²) in [6, 6.07) is 0. The highest BCUT2D eigenvalue weighted by Gasteiger charge is 2.27. The zero-order chi connectivity index (χ0) is 10.8. The van der Waals surface area contributed by atoms with Gasteiger partial charge in [-0.2, -0.15) is 4.40 Å². The molecule has 1 fully saturated rings. The summed E-state index contributed by atoms with van der Waals surface area (Å²) >= 11 is 0. The van der Waals surface area contributed by atoms with E-state index in [1.54, 1.807) is 0 Å². The lowest BCUT2D eigenvalue weighted by atomic mass is 9.91. The van der Waals surface area contributed by atoms with Gasteiger partial charge in [-0.1, -0.05) is 19.8 Å². The first-order chi connectivity index (χ1) is 6.33. The van der Waals surface area contributed by atoms with Crippen LogP contribution in [0.25, 0.3) is 0 Å². The van der Waals surface area contributed by atoms with Gasteiger partial charge in [-0.25, -0.2) is 4.21 Å². The summed E-state index contributed by atoms with van der Waals surface area (Å²) in [5, 5.41) is 0. The molecule has 0 amide bonds. The smallest absolute Gasteiger partial charge is 0.144 e. The van der Waals surface area contributed by atoms with Gasteiger partial charge in [0.15, 0.2) is 0 Å². The maximum atomic E-state index is 11.7. The predicted molar refractivity (Wildman–Crippen MR) is 63.0 cm³/mol. The van der Waals surface area contributed by atoms with Crippen LogP contribution in [0.2, 0.25) is 0 Å². The summed E-state index contributed by atoms with van der Waals surface area (Å²) in [7, 11) is -1.09. The standard InChI is InChI=1S/C11H21NOS/c1-10(2,3)14(13)12-9-11(4)7-5-6-8-11/h9H,5-8H2,1-4H3/t14-/m0/s1. The predicted octanol–water partition coefficient (Wildman–Crippen LogP) is 3.10. The lowest BCUT2D eigenvalue weighted by Crippen LogP contribution is -2.21. The van der Waals surface area contributed by atoms with Crippen LogP contribution in [0.3, 0.4) is 0 Å². The molecule has 1 aliphatic carbocycles. The quantitative estimate of drug-likeness (QED) is 0.651. The van der Waals surface area contributed by atoms with Gasteiger partial charge in [0.25, 0.3) is 0 Å². The van der Waals surface area contributed by atoms with Crippen molar-refractivity contribution in [1.29, 1.82) is 0 Å². The number of hydrogen-bond acceptors (Lipinski definition) is 1. The third-order valence-electron chi connectivity index (χ3n) is 2.73. The van der Waals surface area contributed by atoms with E-state index in [4.69, 9.17) is 0 Å². The maximum Gasteiger partial charge on any atom is 0.144 e. The van der Waals surface area contributed by atoms with Crippen LogP contribution in [0, 0.1) is 5.41 Å². The Morgan fingerprint density at radius 2 is 1.79 bits per heavy atom. The SMILES string of the molecule is CC1(C=N[S@@](=O)C(C)(C)C)CCCC1. The Hall–Kier alpha value is -0.180. The highest BCUT2D eigenvalue weighted by atomic mass is 32.2. The van der Waals surface area contributed by atoms with Gasteiger partial charge < -0.3 is 0 Å². The normalized spacial score (nSPS) is 24.3. The molecule has 0 unspecified atom stereocenters. The molecule has 1 aliphatic rings. The monoisotopic (exact) mass is 215 g/mol. The average Bonchev–Trinajstić information content (AvgIpc) is 2.47. The molecule has 0 aromatic rings. The molecule has 0 aromatic heterocycles. The van der Waals surface area contributed by atoms with Gasteiger partial charge in [-0.3, -0.25) is 0 Å². The van der Waals surface area contributed by atoms with Crippen molar-refractivity contribution in [2.45, 2.75) is 58.1 Å². The maximum absolute atomic E-state index is 11.7. The largest absolute Gasteiger partial charge is 0.234 e. The lowest BCUT2D eigenvalue weighted by Gasteiger charge is -2.18. The molecule has 1 rings (SSSR count). The Labute approximate surface area is 89.8 Å². The molecule has 2 nitrogen and oxygen atoms in total. The summed E-state index contributed by atoms with van der Waals surface area (Å²) in [5.74, 6) is 0. The summed E-state index contributed by atoms with van der Waals surface area (Å²) < 4.78 is 15.6. The molecule has 0 N–H and O–H groups in total. The molecule has 0 aliphatic heterocycles. The van der Waals surface area contributed by atoms with Crippen molar-refractivity contribution < 1.29 is 4.21 Å². The van der Waals surface area contributed by atoms with E-state index in [-0.39, 0.29) is 10.2 Å². The average molecular weight is 215 g/mol. The molecule has 0 spiro atoms. The molecule has 0 bridgehead atoms. The number of rotatable bonds is 2. The fourth-order valence-electron chi connectivity index (χ4n) is 1.64. The summed E-state index contributed by atoms with van der Waals surface area (Å²) in [5.41, 5.74) is 0.209. The Balaban J connectivity index is 2.59. The van der Waals surface area contributed by atoms with Crippen molar-refractivity contribution in [3.8, 4) is 0 Å². The first kappa shape index (κ1) is 11.9. The Bertz CT molecular complexity index is 247. The second kappa shape index (κ2) is 4.13. The third-order valence-corrected chi connectivity index (χ3v) is 4.07. The van der Waals surface area contributed by atoms with E-state index in [9.17, 15) is 4.21 Å². The van der Waals surface area contributed by atoms with Gasteiger partial charge in [0.1, 0.15) is 11.0 Å². The van der Waals surface area contributed by atoms with Crippen LogP contribution in [0.15, 0.2) is 4.40 Å². The number of hydrogen-bond donors (Lipinski definition) is 0. The minimum absolute atomic E-state index is 0.209. The first-order valence-corrected chi connectivity index (χ1v) is 6.41. The van der Waals surface area contributed by atoms with Crippen molar-refractivity contribution >= 4 is 17.2 Å². The van der Waals surface area contributed by atoms with Crippen molar-refractivity contribution in [3.63, 3.8) is 0 Å². The molecule has 14 heavy (non-hydrogen) atoms. The molecular weight excluding hydrogens is 194 g/mol. The fourth-order valence-corrected chi connectivity index (χ4v) is 2.31. The van der Waals surface area contributed by atoms with E-state index >= 15 is 0 Å². The Kier molecular flexibility index (Phi) is 3.51. The van der Waals surface area contributed by atoms with Gasteiger partial charge in [0.05, 0.1) is 4.75 Å². The van der Waals surface area contributed by atoms with Gasteiger partial charge in [-0.15, -0.1) is 0 Å². The minimum atomic E-state index is -1.09. The molecule has 0 aromatic carbocycles. The zero-order valence-electron chi connectivity index (χ0n) is 9.67. The van der Waals surface area contributed by atoms with Gasteiger partial charge >= 0.3 is 0 Å².